The number of nitrogens with two attached hydrogens (primary N) is 1. The van der Waals surface area contributed by atoms with Crippen LogP contribution in [-0.4, -0.2) is 25.0 Å². The highest BCUT2D eigenvalue weighted by Gasteiger charge is 2.29. The van der Waals surface area contributed by atoms with Gasteiger partial charge in [-0.05, 0) is 44.0 Å². The van der Waals surface area contributed by atoms with Crippen molar-refractivity contribution < 1.29 is 4.39 Å². The van der Waals surface area contributed by atoms with Crippen LogP contribution in [0.25, 0.3) is 0 Å². The van der Waals surface area contributed by atoms with Crippen LogP contribution in [0.2, 0.25) is 0 Å². The van der Waals surface area contributed by atoms with Gasteiger partial charge in [0.1, 0.15) is 6.17 Å². The predicted octanol–water partition coefficient (Wildman–Crippen LogP) is 2.67. The lowest BCUT2D eigenvalue weighted by molar-refractivity contribution is 0.312. The van der Waals surface area contributed by atoms with E-state index in [4.69, 9.17) is 5.73 Å². The van der Waals surface area contributed by atoms with Crippen LogP contribution in [-0.2, 0) is 0 Å². The molecule has 1 aliphatic heterocycles. The molecule has 1 aromatic carbocycles. The second-order valence-electron chi connectivity index (χ2n) is 5.08. The normalized spacial score (nSPS) is 27.3. The van der Waals surface area contributed by atoms with Gasteiger partial charge in [-0.1, -0.05) is 24.3 Å². The predicted molar refractivity (Wildman–Crippen MR) is 68.5 cm³/mol. The summed E-state index contributed by atoms with van der Waals surface area (Å²) in [7, 11) is 2.12. The summed E-state index contributed by atoms with van der Waals surface area (Å²) in [6.07, 6.45) is 0.184. The molecule has 3 atom stereocenters. The summed E-state index contributed by atoms with van der Waals surface area (Å²) in [6, 6.07) is 8.27. The first-order valence-corrected chi connectivity index (χ1v) is 6.26. The molecular weight excluding hydrogens is 215 g/mol. The molecule has 2 N–H and O–H groups in total. The van der Waals surface area contributed by atoms with Gasteiger partial charge < -0.3 is 5.73 Å². The van der Waals surface area contributed by atoms with Crippen molar-refractivity contribution in [2.24, 2.45) is 11.7 Å². The van der Waals surface area contributed by atoms with E-state index in [0.717, 1.165) is 25.1 Å². The molecule has 0 amide bonds. The minimum Gasteiger partial charge on any atom is -0.330 e. The van der Waals surface area contributed by atoms with Gasteiger partial charge in [-0.15, -0.1) is 0 Å². The second-order valence-corrected chi connectivity index (χ2v) is 5.08. The Morgan fingerprint density at radius 2 is 2.29 bits per heavy atom. The van der Waals surface area contributed by atoms with Crippen molar-refractivity contribution in [3.05, 3.63) is 35.4 Å². The van der Waals surface area contributed by atoms with Gasteiger partial charge in [-0.2, -0.15) is 0 Å². The number of hydrogen-bond donors (Lipinski definition) is 1. The first-order valence-electron chi connectivity index (χ1n) is 6.26. The molecule has 0 radical (unpaired) electrons. The Bertz CT molecular complexity index is 378. The number of hydrogen-bond acceptors (Lipinski definition) is 2. The molecule has 0 spiro atoms. The van der Waals surface area contributed by atoms with Crippen molar-refractivity contribution in [3.8, 4) is 0 Å². The molecule has 0 saturated carbocycles. The molecule has 1 saturated heterocycles. The Balaban J connectivity index is 2.19. The van der Waals surface area contributed by atoms with Crippen LogP contribution >= 0.6 is 0 Å². The Kier molecular flexibility index (Phi) is 3.79. The Hall–Kier alpha value is -0.930. The zero-order chi connectivity index (χ0) is 12.4. The fraction of sp³-hybridized carbons (Fsp3) is 0.571. The maximum Gasteiger partial charge on any atom is 0.122 e. The third-order valence-electron chi connectivity index (χ3n) is 3.72. The maximum atomic E-state index is 13.3. The SMILES string of the molecule is CC(F)c1cccc(C2CC(CN)CN2C)c1. The van der Waals surface area contributed by atoms with E-state index in [-0.39, 0.29) is 0 Å². The molecule has 94 valence electrons. The van der Waals surface area contributed by atoms with Gasteiger partial charge in [0.25, 0.3) is 0 Å². The first kappa shape index (κ1) is 12.5. The van der Waals surface area contributed by atoms with Gasteiger partial charge in [0.2, 0.25) is 0 Å². The van der Waals surface area contributed by atoms with Crippen LogP contribution in [0.15, 0.2) is 24.3 Å². The van der Waals surface area contributed by atoms with Gasteiger partial charge in [0.15, 0.2) is 0 Å². The average Bonchev–Trinajstić information content (AvgIpc) is 2.71. The quantitative estimate of drug-likeness (QED) is 0.874. The number of rotatable bonds is 3. The Morgan fingerprint density at radius 1 is 1.53 bits per heavy atom. The molecule has 0 aliphatic carbocycles. The number of alkyl halides is 1. The molecule has 1 heterocycles. The standard InChI is InChI=1S/C14H21FN2/c1-10(15)12-4-3-5-13(7-12)14-6-11(8-16)9-17(14)2/h3-5,7,10-11,14H,6,8-9,16H2,1-2H3. The summed E-state index contributed by atoms with van der Waals surface area (Å²) < 4.78 is 13.3. The van der Waals surface area contributed by atoms with E-state index in [1.54, 1.807) is 6.92 Å². The monoisotopic (exact) mass is 236 g/mol. The average molecular weight is 236 g/mol. The van der Waals surface area contributed by atoms with Gasteiger partial charge >= 0.3 is 0 Å². The molecule has 3 heteroatoms. The summed E-state index contributed by atoms with van der Waals surface area (Å²) in [5.41, 5.74) is 7.71. The highest BCUT2D eigenvalue weighted by molar-refractivity contribution is 5.28. The topological polar surface area (TPSA) is 29.3 Å². The number of halogens is 1. The van der Waals surface area contributed by atoms with Gasteiger partial charge in [-0.3, -0.25) is 4.90 Å². The molecule has 3 unspecified atom stereocenters. The summed E-state index contributed by atoms with van der Waals surface area (Å²) in [4.78, 5) is 2.32. The van der Waals surface area contributed by atoms with Crippen molar-refractivity contribution >= 4 is 0 Å². The molecule has 1 aliphatic rings. The molecule has 2 nitrogen and oxygen atoms in total. The molecular formula is C14H21FN2. The fourth-order valence-electron chi connectivity index (χ4n) is 2.68. The second kappa shape index (κ2) is 5.15. The molecule has 17 heavy (non-hydrogen) atoms. The molecule has 0 bridgehead atoms. The highest BCUT2D eigenvalue weighted by Crippen LogP contribution is 2.34. The lowest BCUT2D eigenvalue weighted by Gasteiger charge is -2.20. The van der Waals surface area contributed by atoms with Crippen LogP contribution in [0.1, 0.15) is 36.7 Å². The lowest BCUT2D eigenvalue weighted by atomic mass is 9.97. The summed E-state index contributed by atoms with van der Waals surface area (Å²) >= 11 is 0. The Morgan fingerprint density at radius 3 is 2.88 bits per heavy atom. The first-order chi connectivity index (χ1) is 8.11. The van der Waals surface area contributed by atoms with E-state index in [2.05, 4.69) is 18.0 Å². The number of benzene rings is 1. The zero-order valence-electron chi connectivity index (χ0n) is 10.6. The third-order valence-corrected chi connectivity index (χ3v) is 3.72. The van der Waals surface area contributed by atoms with Crippen molar-refractivity contribution in [1.82, 2.24) is 4.90 Å². The molecule has 1 aromatic rings. The van der Waals surface area contributed by atoms with Gasteiger partial charge in [0.05, 0.1) is 0 Å². The minimum absolute atomic E-state index is 0.391. The van der Waals surface area contributed by atoms with E-state index in [9.17, 15) is 4.39 Å². The molecule has 2 rings (SSSR count). The largest absolute Gasteiger partial charge is 0.330 e. The van der Waals surface area contributed by atoms with Gasteiger partial charge in [-0.25, -0.2) is 4.39 Å². The highest BCUT2D eigenvalue weighted by atomic mass is 19.1. The third kappa shape index (κ3) is 2.67. The fourth-order valence-corrected chi connectivity index (χ4v) is 2.68. The van der Waals surface area contributed by atoms with Crippen LogP contribution in [0, 0.1) is 5.92 Å². The number of nitrogens with zero attached hydrogens (tertiary/aromatic N) is 1. The number of likely N-dealkylation sites (tertiary alicyclic amines) is 1. The van der Waals surface area contributed by atoms with Crippen LogP contribution in [0.3, 0.4) is 0 Å². The molecule has 0 aromatic heterocycles. The van der Waals surface area contributed by atoms with Crippen LogP contribution < -0.4 is 5.73 Å². The van der Waals surface area contributed by atoms with E-state index in [1.165, 1.54) is 5.56 Å². The minimum atomic E-state index is -0.896. The maximum absolute atomic E-state index is 13.3. The van der Waals surface area contributed by atoms with Crippen molar-refractivity contribution in [2.45, 2.75) is 25.6 Å². The Labute approximate surface area is 103 Å². The van der Waals surface area contributed by atoms with E-state index in [0.29, 0.717) is 12.0 Å². The van der Waals surface area contributed by atoms with Crippen LogP contribution in [0.5, 0.6) is 0 Å². The van der Waals surface area contributed by atoms with Gasteiger partial charge in [0, 0.05) is 12.6 Å². The summed E-state index contributed by atoms with van der Waals surface area (Å²) in [6.45, 7) is 3.36. The van der Waals surface area contributed by atoms with E-state index >= 15 is 0 Å². The zero-order valence-corrected chi connectivity index (χ0v) is 10.6. The lowest BCUT2D eigenvalue weighted by Crippen LogP contribution is -2.20. The van der Waals surface area contributed by atoms with Crippen molar-refractivity contribution in [2.75, 3.05) is 20.1 Å². The summed E-state index contributed by atoms with van der Waals surface area (Å²) in [5.74, 6) is 0.566. The van der Waals surface area contributed by atoms with Crippen molar-refractivity contribution in [1.29, 1.82) is 0 Å². The summed E-state index contributed by atoms with van der Waals surface area (Å²) in [5, 5.41) is 0. The van der Waals surface area contributed by atoms with E-state index in [1.807, 2.05) is 18.2 Å². The molecule has 1 fully saturated rings. The smallest absolute Gasteiger partial charge is 0.122 e. The van der Waals surface area contributed by atoms with E-state index < -0.39 is 6.17 Å². The van der Waals surface area contributed by atoms with Crippen molar-refractivity contribution in [3.63, 3.8) is 0 Å². The van der Waals surface area contributed by atoms with Crippen LogP contribution in [0.4, 0.5) is 4.39 Å².